The van der Waals surface area contributed by atoms with E-state index in [0.29, 0.717) is 11.3 Å². The number of carbonyl (C=O) groups is 4. The minimum Gasteiger partial charge on any atom is -0.497 e. The molecule has 0 fully saturated rings. The van der Waals surface area contributed by atoms with Gasteiger partial charge in [0.2, 0.25) is 0 Å². The molecule has 194 valence electrons. The van der Waals surface area contributed by atoms with Gasteiger partial charge in [-0.15, -0.1) is 0 Å². The van der Waals surface area contributed by atoms with Crippen molar-refractivity contribution in [3.63, 3.8) is 0 Å². The maximum absolute atomic E-state index is 14.6. The molecule has 6 nitrogen and oxygen atoms in total. The Morgan fingerprint density at radius 3 is 1.77 bits per heavy atom. The lowest BCUT2D eigenvalue weighted by atomic mass is 9.61. The van der Waals surface area contributed by atoms with Crippen LogP contribution in [-0.4, -0.2) is 35.3 Å². The number of thiophene rings is 1. The van der Waals surface area contributed by atoms with Crippen LogP contribution in [0.2, 0.25) is 0 Å². The summed E-state index contributed by atoms with van der Waals surface area (Å²) in [7, 11) is 1.50. The third-order valence-electron chi connectivity index (χ3n) is 8.20. The molecule has 1 heterocycles. The molecule has 1 aromatic heterocycles. The van der Waals surface area contributed by atoms with Crippen molar-refractivity contribution < 1.29 is 29.0 Å². The Labute approximate surface area is 232 Å². The molecule has 0 amide bonds. The molecule has 1 spiro atoms. The SMILES string of the molecule is COc1ccc([C@]2(O)C(=C3C(=O)c4ccccc4C3=O)C=C(c3ccsc3)C23C(=O)c2ccccc2C3=O)cc1. The van der Waals surface area contributed by atoms with E-state index in [1.165, 1.54) is 24.5 Å². The molecule has 3 aliphatic rings. The van der Waals surface area contributed by atoms with E-state index in [2.05, 4.69) is 0 Å². The number of hydrogen-bond acceptors (Lipinski definition) is 7. The zero-order valence-corrected chi connectivity index (χ0v) is 22.0. The van der Waals surface area contributed by atoms with E-state index in [4.69, 9.17) is 4.74 Å². The number of carbonyl (C=O) groups excluding carboxylic acids is 4. The highest BCUT2D eigenvalue weighted by Gasteiger charge is 2.72. The van der Waals surface area contributed by atoms with E-state index in [-0.39, 0.29) is 44.5 Å². The number of hydrogen-bond donors (Lipinski definition) is 1. The first kappa shape index (κ1) is 24.3. The predicted molar refractivity (Wildman–Crippen MR) is 149 cm³/mol. The van der Waals surface area contributed by atoms with Crippen molar-refractivity contribution in [2.45, 2.75) is 5.60 Å². The van der Waals surface area contributed by atoms with Gasteiger partial charge in [-0.2, -0.15) is 11.3 Å². The van der Waals surface area contributed by atoms with Crippen LogP contribution in [-0.2, 0) is 5.60 Å². The minimum atomic E-state index is -2.38. The van der Waals surface area contributed by atoms with Crippen molar-refractivity contribution in [1.82, 2.24) is 0 Å². The highest BCUT2D eigenvalue weighted by atomic mass is 32.1. The van der Waals surface area contributed by atoms with E-state index in [1.807, 2.05) is 0 Å². The lowest BCUT2D eigenvalue weighted by molar-refractivity contribution is 0.00252. The van der Waals surface area contributed by atoms with Gasteiger partial charge in [-0.05, 0) is 51.7 Å². The zero-order chi connectivity index (χ0) is 27.8. The summed E-state index contributed by atoms with van der Waals surface area (Å²) in [6, 6.07) is 21.0. The normalized spacial score (nSPS) is 20.8. The fourth-order valence-corrected chi connectivity index (χ4v) is 7.04. The molecule has 40 heavy (non-hydrogen) atoms. The lowest BCUT2D eigenvalue weighted by Crippen LogP contribution is -2.52. The fourth-order valence-electron chi connectivity index (χ4n) is 6.38. The number of rotatable bonds is 3. The molecule has 4 aromatic rings. The Balaban J connectivity index is 1.62. The van der Waals surface area contributed by atoms with Gasteiger partial charge in [-0.25, -0.2) is 0 Å². The Kier molecular flexibility index (Phi) is 5.10. The molecule has 0 aliphatic heterocycles. The molecule has 0 saturated heterocycles. The molecule has 7 rings (SSSR count). The van der Waals surface area contributed by atoms with Gasteiger partial charge in [0.05, 0.1) is 12.7 Å². The van der Waals surface area contributed by atoms with E-state index in [9.17, 15) is 24.3 Å². The molecular weight excluding hydrogens is 524 g/mol. The summed E-state index contributed by atoms with van der Waals surface area (Å²) in [6.45, 7) is 0. The number of Topliss-reactive ketones (excluding diaryl/α,β-unsaturated/α-hetero) is 4. The second-order valence-corrected chi connectivity index (χ2v) is 10.7. The predicted octanol–water partition coefficient (Wildman–Crippen LogP) is 5.48. The van der Waals surface area contributed by atoms with Crippen molar-refractivity contribution in [3.8, 4) is 5.75 Å². The smallest absolute Gasteiger partial charge is 0.198 e. The van der Waals surface area contributed by atoms with Crippen molar-refractivity contribution in [2.75, 3.05) is 7.11 Å². The summed E-state index contributed by atoms with van der Waals surface area (Å²) in [5, 5.41) is 16.7. The summed E-state index contributed by atoms with van der Waals surface area (Å²) >= 11 is 1.37. The van der Waals surface area contributed by atoms with Gasteiger partial charge in [-0.1, -0.05) is 60.7 Å². The van der Waals surface area contributed by atoms with Crippen LogP contribution in [0.15, 0.2) is 107 Å². The standard InChI is InChI=1S/C33H20O6S/c1-39-20-12-10-19(11-13-20)33(38)26(27-28(34)21-6-2-3-7-22(21)29(27)35)16-25(18-14-15-40-17-18)32(33)30(36)23-8-4-5-9-24(23)31(32)37/h2-17,38H,1H3/t33-/m0/s1. The van der Waals surface area contributed by atoms with Gasteiger partial charge < -0.3 is 9.84 Å². The van der Waals surface area contributed by atoms with Crippen LogP contribution >= 0.6 is 11.3 Å². The molecular formula is C33H20O6S. The Morgan fingerprint density at radius 2 is 1.27 bits per heavy atom. The maximum atomic E-state index is 14.6. The first-order valence-corrected chi connectivity index (χ1v) is 13.5. The molecule has 3 aliphatic carbocycles. The lowest BCUT2D eigenvalue weighted by Gasteiger charge is -2.40. The second kappa shape index (κ2) is 8.39. The van der Waals surface area contributed by atoms with Crippen molar-refractivity contribution in [1.29, 1.82) is 0 Å². The number of fused-ring (bicyclic) bond motifs is 2. The van der Waals surface area contributed by atoms with Crippen LogP contribution in [0.1, 0.15) is 52.6 Å². The van der Waals surface area contributed by atoms with E-state index >= 15 is 0 Å². The van der Waals surface area contributed by atoms with Crippen LogP contribution in [0, 0.1) is 5.41 Å². The summed E-state index contributed by atoms with van der Waals surface area (Å²) < 4.78 is 5.31. The Hall–Kier alpha value is -4.72. The van der Waals surface area contributed by atoms with Crippen molar-refractivity contribution in [3.05, 3.63) is 140 Å². The van der Waals surface area contributed by atoms with E-state index in [0.717, 1.165) is 0 Å². The van der Waals surface area contributed by atoms with Crippen molar-refractivity contribution in [2.24, 2.45) is 5.41 Å². The number of methoxy groups -OCH3 is 1. The molecule has 1 N–H and O–H groups in total. The second-order valence-electron chi connectivity index (χ2n) is 9.96. The summed E-state index contributed by atoms with van der Waals surface area (Å²) in [4.78, 5) is 56.7. The van der Waals surface area contributed by atoms with Gasteiger partial charge in [-0.3, -0.25) is 19.2 Å². The van der Waals surface area contributed by atoms with Gasteiger partial charge in [0, 0.05) is 27.8 Å². The van der Waals surface area contributed by atoms with Gasteiger partial charge in [0.15, 0.2) is 28.5 Å². The van der Waals surface area contributed by atoms with Gasteiger partial charge in [0.25, 0.3) is 0 Å². The highest BCUT2D eigenvalue weighted by Crippen LogP contribution is 2.65. The number of benzene rings is 3. The molecule has 1 atom stereocenters. The van der Waals surface area contributed by atoms with Crippen LogP contribution in [0.25, 0.3) is 5.57 Å². The number of ketones is 4. The maximum Gasteiger partial charge on any atom is 0.198 e. The fraction of sp³-hybridized carbons (Fsp3) is 0.0909. The van der Waals surface area contributed by atoms with Crippen LogP contribution in [0.5, 0.6) is 5.75 Å². The molecule has 0 bridgehead atoms. The van der Waals surface area contributed by atoms with Gasteiger partial charge in [0.1, 0.15) is 11.4 Å². The number of allylic oxidation sites excluding steroid dienone is 1. The monoisotopic (exact) mass is 544 g/mol. The van der Waals surface area contributed by atoms with Gasteiger partial charge >= 0.3 is 0 Å². The average Bonchev–Trinajstić information content (AvgIpc) is 3.72. The third-order valence-corrected chi connectivity index (χ3v) is 8.89. The largest absolute Gasteiger partial charge is 0.497 e. The van der Waals surface area contributed by atoms with E-state index < -0.39 is 34.1 Å². The molecule has 3 aromatic carbocycles. The molecule has 0 unspecified atom stereocenters. The first-order chi connectivity index (χ1) is 19.4. The summed E-state index contributed by atoms with van der Waals surface area (Å²) in [5.74, 6) is -1.80. The molecule has 0 saturated carbocycles. The van der Waals surface area contributed by atoms with Crippen LogP contribution in [0.3, 0.4) is 0 Å². The van der Waals surface area contributed by atoms with Crippen LogP contribution < -0.4 is 4.74 Å². The topological polar surface area (TPSA) is 97.7 Å². The number of aliphatic hydroxyl groups is 1. The quantitative estimate of drug-likeness (QED) is 0.208. The Bertz CT molecular complexity index is 1790. The van der Waals surface area contributed by atoms with Crippen LogP contribution in [0.4, 0.5) is 0 Å². The van der Waals surface area contributed by atoms with E-state index in [1.54, 1.807) is 89.6 Å². The average molecular weight is 545 g/mol. The minimum absolute atomic E-state index is 0.0698. The highest BCUT2D eigenvalue weighted by molar-refractivity contribution is 7.08. The summed E-state index contributed by atoms with van der Waals surface area (Å²) in [5.41, 5.74) is -3.09. The molecule has 7 heteroatoms. The van der Waals surface area contributed by atoms with Crippen molar-refractivity contribution >= 4 is 40.0 Å². The zero-order valence-electron chi connectivity index (χ0n) is 21.1. The first-order valence-electron chi connectivity index (χ1n) is 12.6. The third kappa shape index (κ3) is 2.80. The summed E-state index contributed by atoms with van der Waals surface area (Å²) in [6.07, 6.45) is 1.50. The number of ether oxygens (including phenoxy) is 1. The molecule has 0 radical (unpaired) electrons. The Morgan fingerprint density at radius 1 is 0.725 bits per heavy atom.